The van der Waals surface area contributed by atoms with Crippen LogP contribution in [0.1, 0.15) is 43.2 Å². The van der Waals surface area contributed by atoms with E-state index in [9.17, 15) is 13.2 Å². The number of carbonyl (C=O) groups is 1. The summed E-state index contributed by atoms with van der Waals surface area (Å²) in [7, 11) is -3.47. The SMILES string of the molecule is O=C(CCc1ccc(S(=O)(=O)NC2CCCC2)cc1)NCc1cccnc1. The average molecular weight is 388 g/mol. The first kappa shape index (κ1) is 19.5. The largest absolute Gasteiger partial charge is 0.352 e. The van der Waals surface area contributed by atoms with Gasteiger partial charge in [-0.15, -0.1) is 0 Å². The minimum atomic E-state index is -3.47. The Morgan fingerprint density at radius 1 is 1.07 bits per heavy atom. The first-order valence-electron chi connectivity index (χ1n) is 9.30. The van der Waals surface area contributed by atoms with Gasteiger partial charge in [-0.1, -0.05) is 31.0 Å². The molecule has 1 heterocycles. The molecule has 0 atom stereocenters. The van der Waals surface area contributed by atoms with Gasteiger partial charge in [0.05, 0.1) is 4.90 Å². The van der Waals surface area contributed by atoms with Crippen molar-refractivity contribution in [3.05, 3.63) is 59.9 Å². The molecule has 2 aromatic rings. The Bertz CT molecular complexity index is 846. The average Bonchev–Trinajstić information content (AvgIpc) is 3.18. The molecular weight excluding hydrogens is 362 g/mol. The molecule has 3 rings (SSSR count). The van der Waals surface area contributed by atoms with Gasteiger partial charge in [-0.05, 0) is 48.6 Å². The fourth-order valence-corrected chi connectivity index (χ4v) is 4.52. The molecule has 7 heteroatoms. The van der Waals surface area contributed by atoms with Crippen LogP contribution in [0.25, 0.3) is 0 Å². The Morgan fingerprint density at radius 3 is 2.48 bits per heavy atom. The zero-order chi connectivity index (χ0) is 19.1. The van der Waals surface area contributed by atoms with Crippen LogP contribution in [0.3, 0.4) is 0 Å². The van der Waals surface area contributed by atoms with E-state index >= 15 is 0 Å². The summed E-state index contributed by atoms with van der Waals surface area (Å²) < 4.78 is 27.6. The lowest BCUT2D eigenvalue weighted by molar-refractivity contribution is -0.121. The van der Waals surface area contributed by atoms with E-state index in [1.165, 1.54) is 0 Å². The standard InChI is InChI=1S/C20H25N3O3S/c24-20(22-15-17-4-3-13-21-14-17)12-9-16-7-10-19(11-8-16)27(25,26)23-18-5-1-2-6-18/h3-4,7-8,10-11,13-14,18,23H,1-2,5-6,9,12,15H2,(H,22,24). The third-order valence-electron chi connectivity index (χ3n) is 4.76. The minimum absolute atomic E-state index is 0.0431. The Labute approximate surface area is 160 Å². The van der Waals surface area contributed by atoms with E-state index in [2.05, 4.69) is 15.0 Å². The molecule has 2 N–H and O–H groups in total. The number of pyridine rings is 1. The van der Waals surface area contributed by atoms with Crippen molar-refractivity contribution < 1.29 is 13.2 Å². The second kappa shape index (κ2) is 9.10. The molecule has 1 aliphatic rings. The van der Waals surface area contributed by atoms with Crippen molar-refractivity contribution in [1.29, 1.82) is 0 Å². The monoisotopic (exact) mass is 387 g/mol. The number of aromatic nitrogens is 1. The number of aryl methyl sites for hydroxylation is 1. The van der Waals surface area contributed by atoms with E-state index in [1.54, 1.807) is 36.7 Å². The highest BCUT2D eigenvalue weighted by Crippen LogP contribution is 2.20. The number of sulfonamides is 1. The van der Waals surface area contributed by atoms with Crippen LogP contribution in [0, 0.1) is 0 Å². The lowest BCUT2D eigenvalue weighted by Gasteiger charge is -2.12. The lowest BCUT2D eigenvalue weighted by atomic mass is 10.1. The number of carbonyl (C=O) groups excluding carboxylic acids is 1. The summed E-state index contributed by atoms with van der Waals surface area (Å²) in [5, 5.41) is 2.86. The smallest absolute Gasteiger partial charge is 0.240 e. The van der Waals surface area contributed by atoms with Crippen molar-refractivity contribution in [2.75, 3.05) is 0 Å². The van der Waals surface area contributed by atoms with Crippen molar-refractivity contribution in [2.24, 2.45) is 0 Å². The van der Waals surface area contributed by atoms with Crippen molar-refractivity contribution in [3.8, 4) is 0 Å². The van der Waals surface area contributed by atoms with Crippen LogP contribution in [-0.2, 0) is 27.8 Å². The predicted octanol–water partition coefficient (Wildman–Crippen LogP) is 2.55. The maximum Gasteiger partial charge on any atom is 0.240 e. The van der Waals surface area contributed by atoms with Crippen LogP contribution in [-0.4, -0.2) is 25.4 Å². The molecule has 1 aromatic heterocycles. The van der Waals surface area contributed by atoms with Gasteiger partial charge in [0.15, 0.2) is 0 Å². The van der Waals surface area contributed by atoms with Gasteiger partial charge < -0.3 is 5.32 Å². The summed E-state index contributed by atoms with van der Waals surface area (Å²) in [6, 6.07) is 10.6. The number of amides is 1. The molecule has 0 bridgehead atoms. The van der Waals surface area contributed by atoms with Gasteiger partial charge in [0.25, 0.3) is 0 Å². The molecule has 1 aliphatic carbocycles. The summed E-state index contributed by atoms with van der Waals surface area (Å²) in [5.74, 6) is -0.0431. The molecule has 0 unspecified atom stereocenters. The number of nitrogens with zero attached hydrogens (tertiary/aromatic N) is 1. The van der Waals surface area contributed by atoms with E-state index in [0.717, 1.165) is 36.8 Å². The van der Waals surface area contributed by atoms with Gasteiger partial charge in [0.1, 0.15) is 0 Å². The second-order valence-electron chi connectivity index (χ2n) is 6.88. The molecule has 27 heavy (non-hydrogen) atoms. The summed E-state index contributed by atoms with van der Waals surface area (Å²) in [6.45, 7) is 0.455. The zero-order valence-corrected chi connectivity index (χ0v) is 16.0. The van der Waals surface area contributed by atoms with E-state index < -0.39 is 10.0 Å². The van der Waals surface area contributed by atoms with Crippen LogP contribution < -0.4 is 10.0 Å². The number of hydrogen-bond acceptors (Lipinski definition) is 4. The van der Waals surface area contributed by atoms with Crippen LogP contribution in [0.4, 0.5) is 0 Å². The topological polar surface area (TPSA) is 88.2 Å². The zero-order valence-electron chi connectivity index (χ0n) is 15.2. The summed E-state index contributed by atoms with van der Waals surface area (Å²) in [4.78, 5) is 16.3. The minimum Gasteiger partial charge on any atom is -0.352 e. The van der Waals surface area contributed by atoms with Crippen molar-refractivity contribution in [1.82, 2.24) is 15.0 Å². The highest BCUT2D eigenvalue weighted by atomic mass is 32.2. The Balaban J connectivity index is 1.47. The molecule has 6 nitrogen and oxygen atoms in total. The van der Waals surface area contributed by atoms with E-state index in [-0.39, 0.29) is 16.8 Å². The fraction of sp³-hybridized carbons (Fsp3) is 0.400. The molecule has 0 spiro atoms. The third kappa shape index (κ3) is 5.87. The van der Waals surface area contributed by atoms with Crippen LogP contribution in [0.5, 0.6) is 0 Å². The Kier molecular flexibility index (Phi) is 6.58. The molecule has 1 amide bonds. The molecule has 0 radical (unpaired) electrons. The first-order valence-corrected chi connectivity index (χ1v) is 10.8. The molecule has 1 aromatic carbocycles. The van der Waals surface area contributed by atoms with Gasteiger partial charge in [0, 0.05) is 31.4 Å². The third-order valence-corrected chi connectivity index (χ3v) is 6.30. The van der Waals surface area contributed by atoms with Gasteiger partial charge in [-0.3, -0.25) is 9.78 Å². The second-order valence-corrected chi connectivity index (χ2v) is 8.60. The Hall–Kier alpha value is -2.25. The number of hydrogen-bond donors (Lipinski definition) is 2. The quantitative estimate of drug-likeness (QED) is 0.729. The highest BCUT2D eigenvalue weighted by molar-refractivity contribution is 7.89. The van der Waals surface area contributed by atoms with E-state index in [4.69, 9.17) is 0 Å². The highest BCUT2D eigenvalue weighted by Gasteiger charge is 2.22. The van der Waals surface area contributed by atoms with Gasteiger partial charge in [-0.2, -0.15) is 0 Å². The lowest BCUT2D eigenvalue weighted by Crippen LogP contribution is -2.32. The van der Waals surface area contributed by atoms with Crippen LogP contribution >= 0.6 is 0 Å². The number of benzene rings is 1. The Morgan fingerprint density at radius 2 is 1.81 bits per heavy atom. The molecular formula is C20H25N3O3S. The van der Waals surface area contributed by atoms with Crippen LogP contribution in [0.15, 0.2) is 53.7 Å². The summed E-state index contributed by atoms with van der Waals surface area (Å²) in [5.41, 5.74) is 1.89. The van der Waals surface area contributed by atoms with Gasteiger partial charge in [0.2, 0.25) is 15.9 Å². The van der Waals surface area contributed by atoms with Crippen LogP contribution in [0.2, 0.25) is 0 Å². The normalized spacial score (nSPS) is 15.0. The molecule has 1 saturated carbocycles. The van der Waals surface area contributed by atoms with E-state index in [0.29, 0.717) is 19.4 Å². The van der Waals surface area contributed by atoms with E-state index in [1.807, 2.05) is 12.1 Å². The molecule has 144 valence electrons. The first-order chi connectivity index (χ1) is 13.0. The van der Waals surface area contributed by atoms with Crippen molar-refractivity contribution in [3.63, 3.8) is 0 Å². The maximum absolute atomic E-state index is 12.4. The molecule has 1 fully saturated rings. The fourth-order valence-electron chi connectivity index (χ4n) is 3.22. The number of nitrogens with one attached hydrogen (secondary N) is 2. The molecule has 0 saturated heterocycles. The molecule has 0 aliphatic heterocycles. The maximum atomic E-state index is 12.4. The summed E-state index contributed by atoms with van der Waals surface area (Å²) in [6.07, 6.45) is 8.31. The van der Waals surface area contributed by atoms with Crippen molar-refractivity contribution >= 4 is 15.9 Å². The predicted molar refractivity (Wildman–Crippen MR) is 103 cm³/mol. The van der Waals surface area contributed by atoms with Gasteiger partial charge >= 0.3 is 0 Å². The summed E-state index contributed by atoms with van der Waals surface area (Å²) >= 11 is 0. The number of rotatable bonds is 8. The van der Waals surface area contributed by atoms with Crippen molar-refractivity contribution in [2.45, 2.75) is 56.0 Å². The van der Waals surface area contributed by atoms with Gasteiger partial charge in [-0.25, -0.2) is 13.1 Å².